The standard InChI is InChI=1S/C24H36N2O4Se2/c1-19(2)13-7-9-21(19,5)23(11-25-17(27)29-23)15(13)31-32-16-14-8-10-22(6,20(14,3)4)24(16)12-26-18(28)30-24/h13-16H,7-12H2,1-6H3,(H,25,27)(H,26,28)/t13-,14-,15+,16+,21-,22-,23-,24-/m1/s1. The van der Waals surface area contributed by atoms with Gasteiger partial charge < -0.3 is 0 Å². The van der Waals surface area contributed by atoms with Gasteiger partial charge in [0.05, 0.1) is 0 Å². The van der Waals surface area contributed by atoms with Gasteiger partial charge >= 0.3 is 203 Å². The zero-order chi connectivity index (χ0) is 22.9. The Balaban J connectivity index is 1.34. The van der Waals surface area contributed by atoms with Gasteiger partial charge in [-0.2, -0.15) is 0 Å². The SMILES string of the molecule is CC1(C)[C@@H]2CC[C@@]1(C)[C@@]1(CNC(=O)O1)[C@H]2[Se][Se][C@H]1[C@H]2CC[C@](C)(C2(C)C)[C@@]12CNC(=O)O2. The molecule has 0 aromatic rings. The summed E-state index contributed by atoms with van der Waals surface area (Å²) in [4.78, 5) is 25.5. The zero-order valence-electron chi connectivity index (χ0n) is 20.0. The fraction of sp³-hybridized carbons (Fsp3) is 0.917. The molecule has 2 heterocycles. The molecule has 2 saturated heterocycles. The van der Waals surface area contributed by atoms with E-state index in [-0.39, 0.29) is 45.0 Å². The van der Waals surface area contributed by atoms with E-state index in [0.29, 0.717) is 60.8 Å². The Morgan fingerprint density at radius 1 is 0.719 bits per heavy atom. The van der Waals surface area contributed by atoms with Gasteiger partial charge in [0.2, 0.25) is 0 Å². The quantitative estimate of drug-likeness (QED) is 0.504. The van der Waals surface area contributed by atoms with Crippen LogP contribution < -0.4 is 10.6 Å². The number of amides is 2. The first-order valence-corrected chi connectivity index (χ1v) is 18.4. The summed E-state index contributed by atoms with van der Waals surface area (Å²) in [5.74, 6) is 1.20. The summed E-state index contributed by atoms with van der Waals surface area (Å²) in [6.45, 7) is 15.7. The maximum absolute atomic E-state index is 12.3. The molecule has 0 radical (unpaired) electrons. The van der Waals surface area contributed by atoms with Crippen LogP contribution in [0, 0.1) is 33.5 Å². The van der Waals surface area contributed by atoms with Gasteiger partial charge in [-0.3, -0.25) is 0 Å². The van der Waals surface area contributed by atoms with Crippen molar-refractivity contribution in [2.24, 2.45) is 33.5 Å². The van der Waals surface area contributed by atoms with Crippen LogP contribution in [0.1, 0.15) is 67.2 Å². The fourth-order valence-corrected chi connectivity index (χ4v) is 23.4. The third-order valence-electron chi connectivity index (χ3n) is 11.9. The molecule has 2 aliphatic heterocycles. The summed E-state index contributed by atoms with van der Waals surface area (Å²) in [6.07, 6.45) is 4.29. The minimum absolute atomic E-state index is 0.0192. The molecule has 0 aromatic carbocycles. The number of carbonyl (C=O) groups excluding carboxylic acids is 2. The molecule has 0 unspecified atom stereocenters. The monoisotopic (exact) mass is 576 g/mol. The van der Waals surface area contributed by atoms with Crippen molar-refractivity contribution >= 4 is 38.4 Å². The van der Waals surface area contributed by atoms with Crippen LogP contribution in [0.25, 0.3) is 0 Å². The first kappa shape index (κ1) is 22.1. The van der Waals surface area contributed by atoms with Crippen LogP contribution in [0.15, 0.2) is 0 Å². The van der Waals surface area contributed by atoms with Crippen LogP contribution in [0.2, 0.25) is 9.63 Å². The van der Waals surface area contributed by atoms with Crippen molar-refractivity contribution in [1.82, 2.24) is 10.6 Å². The van der Waals surface area contributed by atoms with E-state index >= 15 is 0 Å². The molecule has 32 heavy (non-hydrogen) atoms. The molecule has 8 heteroatoms. The van der Waals surface area contributed by atoms with Crippen molar-refractivity contribution in [3.63, 3.8) is 0 Å². The van der Waals surface area contributed by atoms with Gasteiger partial charge in [0, 0.05) is 0 Å². The fourth-order valence-electron chi connectivity index (χ4n) is 9.15. The number of nitrogens with one attached hydrogen (secondary N) is 2. The second-order valence-corrected chi connectivity index (χ2v) is 19.8. The van der Waals surface area contributed by atoms with Gasteiger partial charge in [-0.1, -0.05) is 0 Å². The molecule has 4 saturated carbocycles. The second kappa shape index (κ2) is 6.22. The van der Waals surface area contributed by atoms with Crippen LogP contribution in [-0.2, 0) is 9.47 Å². The van der Waals surface area contributed by atoms with Crippen molar-refractivity contribution in [2.45, 2.75) is 88.1 Å². The Bertz CT molecular complexity index is 838. The van der Waals surface area contributed by atoms with Crippen molar-refractivity contribution in [2.75, 3.05) is 13.1 Å². The van der Waals surface area contributed by atoms with E-state index in [1.54, 1.807) is 0 Å². The van der Waals surface area contributed by atoms with E-state index in [4.69, 9.17) is 9.47 Å². The molecule has 8 atom stereocenters. The molecule has 4 bridgehead atoms. The van der Waals surface area contributed by atoms with E-state index in [0.717, 1.165) is 12.8 Å². The average molecular weight is 574 g/mol. The average Bonchev–Trinajstić information content (AvgIpc) is 3.45. The molecule has 178 valence electrons. The summed E-state index contributed by atoms with van der Waals surface area (Å²) in [5, 5.41) is 6.07. The molecule has 0 aromatic heterocycles. The molecule has 6 nitrogen and oxygen atoms in total. The molecule has 6 aliphatic rings. The van der Waals surface area contributed by atoms with Crippen molar-refractivity contribution in [1.29, 1.82) is 0 Å². The first-order chi connectivity index (χ1) is 14.9. The Morgan fingerprint density at radius 3 is 1.41 bits per heavy atom. The van der Waals surface area contributed by atoms with E-state index in [1.165, 1.54) is 12.8 Å². The molecular weight excluding hydrogens is 538 g/mol. The summed E-state index contributed by atoms with van der Waals surface area (Å²) in [5.41, 5.74) is -0.363. The predicted molar refractivity (Wildman–Crippen MR) is 123 cm³/mol. The van der Waals surface area contributed by atoms with Gasteiger partial charge in [-0.15, -0.1) is 0 Å². The summed E-state index contributed by atoms with van der Waals surface area (Å²) in [7, 11) is 0. The topological polar surface area (TPSA) is 76.7 Å². The summed E-state index contributed by atoms with van der Waals surface area (Å²) >= 11 is 0.728. The van der Waals surface area contributed by atoms with Crippen LogP contribution >= 0.6 is 0 Å². The molecule has 6 fully saturated rings. The van der Waals surface area contributed by atoms with Crippen LogP contribution in [0.5, 0.6) is 0 Å². The number of alkyl carbamates (subject to hydrolysis) is 2. The molecule has 4 aliphatic carbocycles. The minimum atomic E-state index is -0.368. The van der Waals surface area contributed by atoms with E-state index in [9.17, 15) is 9.59 Å². The number of ether oxygens (including phenoxy) is 2. The van der Waals surface area contributed by atoms with Crippen LogP contribution in [0.4, 0.5) is 9.59 Å². The third kappa shape index (κ3) is 2.13. The summed E-state index contributed by atoms with van der Waals surface area (Å²) < 4.78 is 12.5. The van der Waals surface area contributed by atoms with Gasteiger partial charge in [0.25, 0.3) is 0 Å². The maximum atomic E-state index is 12.3. The first-order valence-electron chi connectivity index (χ1n) is 12.1. The van der Waals surface area contributed by atoms with Crippen LogP contribution in [0.3, 0.4) is 0 Å². The van der Waals surface area contributed by atoms with Gasteiger partial charge in [-0.05, 0) is 0 Å². The van der Waals surface area contributed by atoms with E-state index in [1.807, 2.05) is 0 Å². The van der Waals surface area contributed by atoms with Crippen molar-refractivity contribution < 1.29 is 19.1 Å². The third-order valence-corrected chi connectivity index (χ3v) is 21.7. The number of fused-ring (bicyclic) bond motifs is 6. The van der Waals surface area contributed by atoms with Crippen molar-refractivity contribution in [3.8, 4) is 0 Å². The Kier molecular flexibility index (Phi) is 4.29. The second-order valence-electron chi connectivity index (χ2n) is 12.7. The predicted octanol–water partition coefficient (Wildman–Crippen LogP) is 3.76. The number of hydrogen-bond donors (Lipinski definition) is 2. The summed E-state index contributed by atoms with van der Waals surface area (Å²) in [6, 6.07) is 0. The van der Waals surface area contributed by atoms with Gasteiger partial charge in [0.15, 0.2) is 0 Å². The number of rotatable bonds is 3. The molecule has 2 spiro atoms. The molecule has 6 rings (SSSR count). The van der Waals surface area contributed by atoms with E-state index < -0.39 is 0 Å². The molecule has 2 N–H and O–H groups in total. The Labute approximate surface area is 202 Å². The van der Waals surface area contributed by atoms with Gasteiger partial charge in [0.1, 0.15) is 0 Å². The van der Waals surface area contributed by atoms with Gasteiger partial charge in [-0.25, -0.2) is 0 Å². The molecule has 2 amide bonds. The molecular formula is C24H36N2O4Se2. The Morgan fingerprint density at radius 2 is 1.09 bits per heavy atom. The number of hydrogen-bond acceptors (Lipinski definition) is 4. The number of carbonyl (C=O) groups is 2. The Hall–Kier alpha value is -0.421. The van der Waals surface area contributed by atoms with E-state index in [2.05, 4.69) is 52.2 Å². The van der Waals surface area contributed by atoms with Crippen molar-refractivity contribution in [3.05, 3.63) is 0 Å². The normalized spacial score (nSPS) is 53.7. The zero-order valence-corrected chi connectivity index (χ0v) is 23.4. The van der Waals surface area contributed by atoms with Crippen LogP contribution in [-0.4, -0.2) is 62.7 Å².